The number of Topliss-reactive ketones (excluding diaryl/α,β-unsaturated/α-hetero) is 1. The molecule has 1 N–H and O–H groups in total. The van der Waals surface area contributed by atoms with Crippen molar-refractivity contribution in [2.75, 3.05) is 0 Å². The molecule has 0 saturated heterocycles. The first-order valence-corrected chi connectivity index (χ1v) is 6.57. The van der Waals surface area contributed by atoms with E-state index in [9.17, 15) is 9.59 Å². The van der Waals surface area contributed by atoms with Crippen LogP contribution in [0.3, 0.4) is 0 Å². The molecule has 0 unspecified atom stereocenters. The van der Waals surface area contributed by atoms with Gasteiger partial charge in [-0.05, 0) is 6.07 Å². The number of H-pyrrole nitrogens is 1. The maximum absolute atomic E-state index is 12.2. The Labute approximate surface area is 120 Å². The molecule has 21 heavy (non-hydrogen) atoms. The lowest BCUT2D eigenvalue weighted by atomic mass is 10.1. The van der Waals surface area contributed by atoms with Crippen molar-refractivity contribution in [3.8, 4) is 0 Å². The van der Waals surface area contributed by atoms with Crippen LogP contribution >= 0.6 is 0 Å². The number of hydrogen-bond acceptors (Lipinski definition) is 5. The summed E-state index contributed by atoms with van der Waals surface area (Å²) in [4.78, 5) is 22.6. The number of rotatable bonds is 6. The lowest BCUT2D eigenvalue weighted by molar-refractivity contribution is -0.108. The molecule has 0 amide bonds. The topological polar surface area (TPSA) is 93.5 Å². The number of carbonyl (C=O) groups excluding carboxylic acids is 2. The van der Waals surface area contributed by atoms with Crippen LogP contribution in [-0.2, 0) is 17.8 Å². The van der Waals surface area contributed by atoms with E-state index in [4.69, 9.17) is 0 Å². The number of aromatic nitrogens is 5. The maximum Gasteiger partial charge on any atom is 0.184 e. The molecule has 106 valence electrons. The van der Waals surface area contributed by atoms with Gasteiger partial charge in [-0.25, -0.2) is 4.68 Å². The minimum Gasteiger partial charge on any atom is -0.301 e. The smallest absolute Gasteiger partial charge is 0.184 e. The Morgan fingerprint density at radius 3 is 3.05 bits per heavy atom. The van der Waals surface area contributed by atoms with Gasteiger partial charge in [0, 0.05) is 24.4 Å². The summed E-state index contributed by atoms with van der Waals surface area (Å²) in [5.74, 6) is -0.0441. The number of carbonyl (C=O) groups is 2. The van der Waals surface area contributed by atoms with E-state index in [0.717, 1.165) is 17.2 Å². The van der Waals surface area contributed by atoms with Crippen LogP contribution in [0.5, 0.6) is 0 Å². The fraction of sp³-hybridized carbons (Fsp3) is 0.214. The van der Waals surface area contributed by atoms with Gasteiger partial charge in [-0.1, -0.05) is 23.4 Å². The highest BCUT2D eigenvalue weighted by atomic mass is 16.1. The SMILES string of the molecule is O=CCn1cc(CCC(=O)c2n[nH]c3ccccc23)nn1. The maximum atomic E-state index is 12.2. The molecule has 0 atom stereocenters. The molecule has 0 aliphatic carbocycles. The van der Waals surface area contributed by atoms with Gasteiger partial charge in [-0.2, -0.15) is 5.10 Å². The van der Waals surface area contributed by atoms with Gasteiger partial charge < -0.3 is 4.79 Å². The number of para-hydroxylation sites is 1. The first-order valence-electron chi connectivity index (χ1n) is 6.57. The summed E-state index contributed by atoms with van der Waals surface area (Å²) in [6.45, 7) is 0.172. The zero-order valence-corrected chi connectivity index (χ0v) is 11.2. The zero-order chi connectivity index (χ0) is 14.7. The number of hydrogen-bond donors (Lipinski definition) is 1. The fourth-order valence-electron chi connectivity index (χ4n) is 2.15. The van der Waals surface area contributed by atoms with Crippen molar-refractivity contribution in [3.63, 3.8) is 0 Å². The summed E-state index contributed by atoms with van der Waals surface area (Å²) < 4.78 is 1.44. The number of nitrogens with zero attached hydrogens (tertiary/aromatic N) is 4. The summed E-state index contributed by atoms with van der Waals surface area (Å²) in [7, 11) is 0. The third-order valence-corrected chi connectivity index (χ3v) is 3.19. The van der Waals surface area contributed by atoms with Crippen molar-refractivity contribution in [3.05, 3.63) is 41.9 Å². The first-order chi connectivity index (χ1) is 10.3. The quantitative estimate of drug-likeness (QED) is 0.541. The van der Waals surface area contributed by atoms with Crippen LogP contribution in [0, 0.1) is 0 Å². The highest BCUT2D eigenvalue weighted by Gasteiger charge is 2.14. The van der Waals surface area contributed by atoms with Gasteiger partial charge in [0.25, 0.3) is 0 Å². The van der Waals surface area contributed by atoms with E-state index in [0.29, 0.717) is 24.2 Å². The van der Waals surface area contributed by atoms with Crippen LogP contribution in [0.15, 0.2) is 30.5 Å². The van der Waals surface area contributed by atoms with Gasteiger partial charge in [0.2, 0.25) is 0 Å². The van der Waals surface area contributed by atoms with Crippen molar-refractivity contribution in [2.45, 2.75) is 19.4 Å². The summed E-state index contributed by atoms with van der Waals surface area (Å²) in [6, 6.07) is 7.51. The van der Waals surface area contributed by atoms with Crippen molar-refractivity contribution in [1.29, 1.82) is 0 Å². The second-order valence-electron chi connectivity index (χ2n) is 4.64. The molecule has 3 aromatic rings. The summed E-state index contributed by atoms with van der Waals surface area (Å²) >= 11 is 0. The molecule has 0 aliphatic rings. The summed E-state index contributed by atoms with van der Waals surface area (Å²) in [5.41, 5.74) is 1.98. The Balaban J connectivity index is 1.69. The molecule has 0 aliphatic heterocycles. The number of aryl methyl sites for hydroxylation is 1. The lowest BCUT2D eigenvalue weighted by Gasteiger charge is -1.96. The average molecular weight is 283 g/mol. The summed E-state index contributed by atoms with van der Waals surface area (Å²) in [5, 5.41) is 15.5. The lowest BCUT2D eigenvalue weighted by Crippen LogP contribution is -2.02. The highest BCUT2D eigenvalue weighted by Crippen LogP contribution is 2.17. The Hall–Kier alpha value is -2.83. The van der Waals surface area contributed by atoms with Crippen molar-refractivity contribution in [2.24, 2.45) is 0 Å². The van der Waals surface area contributed by atoms with E-state index < -0.39 is 0 Å². The average Bonchev–Trinajstić information content (AvgIpc) is 3.12. The standard InChI is InChI=1S/C14H13N5O2/c20-8-7-19-9-10(15-18-19)5-6-13(21)14-11-3-1-2-4-12(11)16-17-14/h1-4,8-9H,5-7H2,(H,16,17). The predicted molar refractivity (Wildman–Crippen MR) is 74.8 cm³/mol. The van der Waals surface area contributed by atoms with E-state index in [-0.39, 0.29) is 12.3 Å². The fourth-order valence-corrected chi connectivity index (χ4v) is 2.15. The minimum absolute atomic E-state index is 0.0441. The second kappa shape index (κ2) is 5.66. The van der Waals surface area contributed by atoms with Gasteiger partial charge in [0.1, 0.15) is 12.0 Å². The van der Waals surface area contributed by atoms with Gasteiger partial charge >= 0.3 is 0 Å². The number of aromatic amines is 1. The third-order valence-electron chi connectivity index (χ3n) is 3.19. The number of aldehydes is 1. The van der Waals surface area contributed by atoms with Crippen molar-refractivity contribution >= 4 is 23.0 Å². The van der Waals surface area contributed by atoms with Gasteiger partial charge in [0.05, 0.1) is 17.8 Å². The Bertz CT molecular complexity index is 789. The van der Waals surface area contributed by atoms with Crippen LogP contribution < -0.4 is 0 Å². The molecule has 2 heterocycles. The van der Waals surface area contributed by atoms with E-state index in [1.165, 1.54) is 4.68 Å². The molecule has 7 heteroatoms. The highest BCUT2D eigenvalue weighted by molar-refractivity contribution is 6.05. The number of fused-ring (bicyclic) bond motifs is 1. The van der Waals surface area contributed by atoms with Crippen LogP contribution in [0.2, 0.25) is 0 Å². The molecule has 0 bridgehead atoms. The van der Waals surface area contributed by atoms with E-state index >= 15 is 0 Å². The van der Waals surface area contributed by atoms with Crippen LogP contribution in [-0.4, -0.2) is 37.3 Å². The largest absolute Gasteiger partial charge is 0.301 e. The molecular weight excluding hydrogens is 270 g/mol. The molecule has 3 rings (SSSR count). The van der Waals surface area contributed by atoms with Gasteiger partial charge in [0.15, 0.2) is 5.78 Å². The Kier molecular flexibility index (Phi) is 3.55. The van der Waals surface area contributed by atoms with E-state index in [1.54, 1.807) is 6.20 Å². The van der Waals surface area contributed by atoms with Crippen molar-refractivity contribution in [1.82, 2.24) is 25.2 Å². The first kappa shape index (κ1) is 13.2. The number of benzene rings is 1. The van der Waals surface area contributed by atoms with E-state index in [2.05, 4.69) is 20.5 Å². The molecular formula is C14H13N5O2. The predicted octanol–water partition coefficient (Wildman–Crippen LogP) is 1.17. The molecule has 2 aromatic heterocycles. The minimum atomic E-state index is -0.0441. The van der Waals surface area contributed by atoms with Crippen LogP contribution in [0.1, 0.15) is 22.6 Å². The van der Waals surface area contributed by atoms with Crippen LogP contribution in [0.25, 0.3) is 10.9 Å². The zero-order valence-electron chi connectivity index (χ0n) is 11.2. The van der Waals surface area contributed by atoms with Gasteiger partial charge in [-0.3, -0.25) is 9.89 Å². The Morgan fingerprint density at radius 1 is 1.33 bits per heavy atom. The molecule has 7 nitrogen and oxygen atoms in total. The number of nitrogens with one attached hydrogen (secondary N) is 1. The second-order valence-corrected chi connectivity index (χ2v) is 4.64. The molecule has 0 fully saturated rings. The number of ketones is 1. The molecule has 1 aromatic carbocycles. The monoisotopic (exact) mass is 283 g/mol. The molecule has 0 radical (unpaired) electrons. The third kappa shape index (κ3) is 2.71. The summed E-state index contributed by atoms with van der Waals surface area (Å²) in [6.07, 6.45) is 3.19. The van der Waals surface area contributed by atoms with Crippen LogP contribution in [0.4, 0.5) is 0 Å². The van der Waals surface area contributed by atoms with Gasteiger partial charge in [-0.15, -0.1) is 5.10 Å². The molecule has 0 saturated carbocycles. The molecule has 0 spiro atoms. The van der Waals surface area contributed by atoms with E-state index in [1.807, 2.05) is 24.3 Å². The van der Waals surface area contributed by atoms with Crippen molar-refractivity contribution < 1.29 is 9.59 Å². The normalized spacial score (nSPS) is 10.9. The Morgan fingerprint density at radius 2 is 2.19 bits per heavy atom.